The molecule has 0 saturated carbocycles. The van der Waals surface area contributed by atoms with E-state index in [4.69, 9.17) is 16.7 Å². The van der Waals surface area contributed by atoms with Crippen molar-refractivity contribution in [2.45, 2.75) is 6.92 Å². The Morgan fingerprint density at radius 2 is 2.00 bits per heavy atom. The fraction of sp³-hybridized carbons (Fsp3) is 0.0667. The smallest absolute Gasteiger partial charge is 0.271 e. The number of hydrogen-bond donors (Lipinski definition) is 3. The van der Waals surface area contributed by atoms with Gasteiger partial charge in [-0.15, -0.1) is 0 Å². The van der Waals surface area contributed by atoms with Gasteiger partial charge in [0.2, 0.25) is 0 Å². The minimum Gasteiger partial charge on any atom is -0.508 e. The summed E-state index contributed by atoms with van der Waals surface area (Å²) in [4.78, 5) is 11.9. The van der Waals surface area contributed by atoms with Gasteiger partial charge in [0.15, 0.2) is 0 Å². The highest BCUT2D eigenvalue weighted by molar-refractivity contribution is 6.31. The third-order valence-electron chi connectivity index (χ3n) is 2.82. The molecule has 0 unspecified atom stereocenters. The zero-order valence-electron chi connectivity index (χ0n) is 11.2. The number of benzene rings is 2. The molecule has 0 atom stereocenters. The van der Waals surface area contributed by atoms with Crippen molar-refractivity contribution in [3.8, 4) is 11.5 Å². The van der Waals surface area contributed by atoms with Crippen LogP contribution in [0.1, 0.15) is 21.5 Å². The van der Waals surface area contributed by atoms with Crippen LogP contribution >= 0.6 is 11.6 Å². The third-order valence-corrected chi connectivity index (χ3v) is 3.22. The van der Waals surface area contributed by atoms with Crippen molar-refractivity contribution in [2.75, 3.05) is 0 Å². The van der Waals surface area contributed by atoms with Gasteiger partial charge in [-0.05, 0) is 36.8 Å². The minimum atomic E-state index is -0.411. The number of hydrogen-bond acceptors (Lipinski definition) is 4. The lowest BCUT2D eigenvalue weighted by molar-refractivity contribution is 0.0955. The first-order valence-corrected chi connectivity index (χ1v) is 6.46. The van der Waals surface area contributed by atoms with Crippen molar-refractivity contribution in [3.05, 3.63) is 58.1 Å². The minimum absolute atomic E-state index is 0.0528. The molecule has 0 aromatic heterocycles. The number of carbonyl (C=O) groups excluding carboxylic acids is 1. The molecule has 0 fully saturated rings. The topological polar surface area (TPSA) is 81.9 Å². The first kappa shape index (κ1) is 14.9. The van der Waals surface area contributed by atoms with Gasteiger partial charge in [-0.2, -0.15) is 5.10 Å². The van der Waals surface area contributed by atoms with Crippen LogP contribution in [-0.2, 0) is 0 Å². The normalized spacial score (nSPS) is 10.8. The van der Waals surface area contributed by atoms with Gasteiger partial charge in [-0.25, -0.2) is 5.43 Å². The SMILES string of the molecule is Cc1ccc(C(=O)N/N=C/c2ccc(O)cc2O)cc1Cl. The lowest BCUT2D eigenvalue weighted by Gasteiger charge is -2.03. The summed E-state index contributed by atoms with van der Waals surface area (Å²) >= 11 is 5.95. The van der Waals surface area contributed by atoms with E-state index in [2.05, 4.69) is 10.5 Å². The molecule has 0 radical (unpaired) electrons. The Morgan fingerprint density at radius 1 is 1.24 bits per heavy atom. The summed E-state index contributed by atoms with van der Waals surface area (Å²) < 4.78 is 0. The predicted octanol–water partition coefficient (Wildman–Crippen LogP) is 2.82. The van der Waals surface area contributed by atoms with Crippen molar-refractivity contribution >= 4 is 23.7 Å². The second kappa shape index (κ2) is 6.28. The molecule has 2 aromatic rings. The summed E-state index contributed by atoms with van der Waals surface area (Å²) in [5.41, 5.74) is 3.97. The molecule has 0 aliphatic carbocycles. The Morgan fingerprint density at radius 3 is 2.67 bits per heavy atom. The average Bonchev–Trinajstić information content (AvgIpc) is 2.44. The van der Waals surface area contributed by atoms with Crippen molar-refractivity contribution in [1.29, 1.82) is 0 Å². The molecule has 6 heteroatoms. The van der Waals surface area contributed by atoms with E-state index < -0.39 is 5.91 Å². The molecular weight excluding hydrogens is 292 g/mol. The molecule has 0 heterocycles. The van der Waals surface area contributed by atoms with E-state index in [1.54, 1.807) is 18.2 Å². The third kappa shape index (κ3) is 3.73. The van der Waals surface area contributed by atoms with Crippen LogP contribution in [0.2, 0.25) is 5.02 Å². The zero-order valence-corrected chi connectivity index (χ0v) is 11.9. The Labute approximate surface area is 126 Å². The fourth-order valence-corrected chi connectivity index (χ4v) is 1.78. The molecule has 2 rings (SSSR count). The summed E-state index contributed by atoms with van der Waals surface area (Å²) in [6, 6.07) is 9.01. The standard InChI is InChI=1S/C15H13ClN2O3/c1-9-2-3-10(6-13(9)16)15(21)18-17-8-11-4-5-12(19)7-14(11)20/h2-8,19-20H,1H3,(H,18,21)/b17-8+. The first-order chi connectivity index (χ1) is 9.97. The van der Waals surface area contributed by atoms with Gasteiger partial charge >= 0.3 is 0 Å². The van der Waals surface area contributed by atoms with Gasteiger partial charge in [0.05, 0.1) is 6.21 Å². The first-order valence-electron chi connectivity index (χ1n) is 6.09. The van der Waals surface area contributed by atoms with E-state index in [0.717, 1.165) is 5.56 Å². The number of phenols is 2. The van der Waals surface area contributed by atoms with E-state index in [1.165, 1.54) is 24.4 Å². The van der Waals surface area contributed by atoms with Crippen molar-refractivity contribution in [1.82, 2.24) is 5.43 Å². The van der Waals surface area contributed by atoms with Gasteiger partial charge in [0.25, 0.3) is 5.91 Å². The van der Waals surface area contributed by atoms with Crippen LogP contribution < -0.4 is 5.43 Å². The Bertz CT molecular complexity index is 714. The number of halogens is 1. The van der Waals surface area contributed by atoms with E-state index >= 15 is 0 Å². The summed E-state index contributed by atoms with van der Waals surface area (Å²) in [5.74, 6) is -0.596. The number of phenolic OH excluding ortho intramolecular Hbond substituents is 2. The second-order valence-electron chi connectivity index (χ2n) is 4.41. The van der Waals surface area contributed by atoms with Crippen LogP contribution in [0.3, 0.4) is 0 Å². The van der Waals surface area contributed by atoms with E-state index in [9.17, 15) is 9.90 Å². The quantitative estimate of drug-likeness (QED) is 0.602. The molecule has 0 bridgehead atoms. The van der Waals surface area contributed by atoms with Gasteiger partial charge < -0.3 is 10.2 Å². The zero-order chi connectivity index (χ0) is 15.4. The Balaban J connectivity index is 2.06. The van der Waals surface area contributed by atoms with Crippen LogP contribution in [0, 0.1) is 6.92 Å². The average molecular weight is 305 g/mol. The molecule has 1 amide bonds. The molecule has 5 nitrogen and oxygen atoms in total. The van der Waals surface area contributed by atoms with E-state index in [1.807, 2.05) is 6.92 Å². The van der Waals surface area contributed by atoms with Crippen LogP contribution in [0.25, 0.3) is 0 Å². The number of nitrogens with one attached hydrogen (secondary N) is 1. The second-order valence-corrected chi connectivity index (χ2v) is 4.81. The van der Waals surface area contributed by atoms with E-state index in [0.29, 0.717) is 16.1 Å². The van der Waals surface area contributed by atoms with Gasteiger partial charge in [0, 0.05) is 22.2 Å². The highest BCUT2D eigenvalue weighted by Gasteiger charge is 2.06. The van der Waals surface area contributed by atoms with Crippen LogP contribution in [0.4, 0.5) is 0 Å². The van der Waals surface area contributed by atoms with Gasteiger partial charge in [-0.3, -0.25) is 4.79 Å². The maximum absolute atomic E-state index is 11.9. The monoisotopic (exact) mass is 304 g/mol. The molecule has 0 spiro atoms. The largest absolute Gasteiger partial charge is 0.508 e. The number of nitrogens with zero attached hydrogens (tertiary/aromatic N) is 1. The van der Waals surface area contributed by atoms with E-state index in [-0.39, 0.29) is 11.5 Å². The number of carbonyl (C=O) groups is 1. The Kier molecular flexibility index (Phi) is 4.45. The molecule has 21 heavy (non-hydrogen) atoms. The molecule has 0 aliphatic heterocycles. The summed E-state index contributed by atoms with van der Waals surface area (Å²) in [7, 11) is 0. The van der Waals surface area contributed by atoms with Crippen LogP contribution in [0.5, 0.6) is 11.5 Å². The highest BCUT2D eigenvalue weighted by atomic mass is 35.5. The number of aromatic hydroxyl groups is 2. The van der Waals surface area contributed by atoms with Crippen LogP contribution in [0.15, 0.2) is 41.5 Å². The van der Waals surface area contributed by atoms with Gasteiger partial charge in [-0.1, -0.05) is 17.7 Å². The van der Waals surface area contributed by atoms with Crippen molar-refractivity contribution in [3.63, 3.8) is 0 Å². The molecule has 0 aliphatic rings. The van der Waals surface area contributed by atoms with Gasteiger partial charge in [0.1, 0.15) is 11.5 Å². The number of hydrazone groups is 1. The maximum atomic E-state index is 11.9. The van der Waals surface area contributed by atoms with Crippen LogP contribution in [-0.4, -0.2) is 22.3 Å². The summed E-state index contributed by atoms with van der Waals surface area (Å²) in [6.45, 7) is 1.84. The lowest BCUT2D eigenvalue weighted by atomic mass is 10.1. The predicted molar refractivity (Wildman–Crippen MR) is 81.0 cm³/mol. The fourth-order valence-electron chi connectivity index (χ4n) is 1.60. The Hall–Kier alpha value is -2.53. The number of aryl methyl sites for hydroxylation is 1. The van der Waals surface area contributed by atoms with Crippen molar-refractivity contribution < 1.29 is 15.0 Å². The highest BCUT2D eigenvalue weighted by Crippen LogP contribution is 2.20. The number of rotatable bonds is 3. The molecule has 2 aromatic carbocycles. The molecule has 108 valence electrons. The molecule has 0 saturated heterocycles. The summed E-state index contributed by atoms with van der Waals surface area (Å²) in [5, 5.41) is 23.0. The maximum Gasteiger partial charge on any atom is 0.271 e. The summed E-state index contributed by atoms with van der Waals surface area (Å²) in [6.07, 6.45) is 1.28. The molecule has 3 N–H and O–H groups in total. The lowest BCUT2D eigenvalue weighted by Crippen LogP contribution is -2.17. The molecular formula is C15H13ClN2O3. The number of amides is 1. The van der Waals surface area contributed by atoms with Crippen molar-refractivity contribution in [2.24, 2.45) is 5.10 Å².